The lowest BCUT2D eigenvalue weighted by Gasteiger charge is -2.30. The summed E-state index contributed by atoms with van der Waals surface area (Å²) in [5.74, 6) is -1.86. The lowest BCUT2D eigenvalue weighted by atomic mass is 10.1. The molecule has 30 heavy (non-hydrogen) atoms. The largest absolute Gasteiger partial charge is 0.611 e. The van der Waals surface area contributed by atoms with E-state index in [1.54, 1.807) is 24.3 Å². The quantitative estimate of drug-likeness (QED) is 0.282. The number of ether oxygens (including phenoxy) is 1. The van der Waals surface area contributed by atoms with Gasteiger partial charge < -0.3 is 14.2 Å². The van der Waals surface area contributed by atoms with Crippen molar-refractivity contribution in [1.82, 2.24) is 4.90 Å². The fourth-order valence-corrected chi connectivity index (χ4v) is 4.37. The molecule has 162 valence electrons. The molecule has 2 aromatic rings. The Kier molecular flexibility index (Phi) is 7.28. The molecule has 0 bridgehead atoms. The third kappa shape index (κ3) is 5.66. The average molecular weight is 463 g/mol. The minimum absolute atomic E-state index is 0.104. The Balaban J connectivity index is 2.08. The zero-order chi connectivity index (χ0) is 21.9. The van der Waals surface area contributed by atoms with Crippen molar-refractivity contribution in [2.24, 2.45) is 4.99 Å². The Labute approximate surface area is 179 Å². The predicted octanol–water partition coefficient (Wildman–Crippen LogP) is 4.87. The van der Waals surface area contributed by atoms with Gasteiger partial charge in [-0.25, -0.2) is 9.38 Å². The molecule has 1 saturated heterocycles. The van der Waals surface area contributed by atoms with Gasteiger partial charge in [-0.1, -0.05) is 23.7 Å². The molecule has 10 heteroatoms. The maximum atomic E-state index is 14.7. The molecule has 0 N–H and O–H groups in total. The van der Waals surface area contributed by atoms with Crippen LogP contribution in [0.3, 0.4) is 0 Å². The van der Waals surface area contributed by atoms with E-state index in [1.165, 1.54) is 6.92 Å². The van der Waals surface area contributed by atoms with E-state index in [2.05, 4.69) is 4.99 Å². The lowest BCUT2D eigenvalue weighted by molar-refractivity contribution is -0.106. The van der Waals surface area contributed by atoms with Gasteiger partial charge in [0.1, 0.15) is 17.3 Å². The highest BCUT2D eigenvalue weighted by Gasteiger charge is 2.36. The van der Waals surface area contributed by atoms with Crippen LogP contribution in [-0.4, -0.2) is 53.5 Å². The van der Waals surface area contributed by atoms with Crippen molar-refractivity contribution in [2.75, 3.05) is 32.1 Å². The van der Waals surface area contributed by atoms with Crippen molar-refractivity contribution in [1.29, 1.82) is 0 Å². The van der Waals surface area contributed by atoms with Gasteiger partial charge in [-0.2, -0.15) is 13.2 Å². The van der Waals surface area contributed by atoms with Crippen LogP contribution in [0, 0.1) is 12.7 Å². The Hall–Kier alpha value is -1.81. The lowest BCUT2D eigenvalue weighted by Crippen LogP contribution is -2.41. The third-order valence-corrected chi connectivity index (χ3v) is 6.29. The van der Waals surface area contributed by atoms with Crippen molar-refractivity contribution >= 4 is 34.3 Å². The second-order valence-electron chi connectivity index (χ2n) is 6.69. The molecule has 0 saturated carbocycles. The van der Waals surface area contributed by atoms with Crippen LogP contribution >= 0.6 is 11.6 Å². The second kappa shape index (κ2) is 9.55. The van der Waals surface area contributed by atoms with E-state index >= 15 is 0 Å². The summed E-state index contributed by atoms with van der Waals surface area (Å²) in [5, 5.41) is 0.399. The normalized spacial score (nSPS) is 16.6. The molecule has 1 atom stereocenters. The SMILES string of the molecule is Cc1cc(F)c(/N=C(/c2ccccc2Cl)N2CCOCC2)cc1[S+]([O-])CC(F)(F)F. The van der Waals surface area contributed by atoms with Crippen molar-refractivity contribution in [3.05, 3.63) is 58.4 Å². The van der Waals surface area contributed by atoms with Crippen LogP contribution in [0.15, 0.2) is 46.3 Å². The summed E-state index contributed by atoms with van der Waals surface area (Å²) in [4.78, 5) is 6.17. The van der Waals surface area contributed by atoms with Gasteiger partial charge in [0.05, 0.1) is 18.2 Å². The molecule has 1 unspecified atom stereocenters. The molecular formula is C20H19ClF4N2O2S. The number of hydrogen-bond acceptors (Lipinski definition) is 3. The van der Waals surface area contributed by atoms with E-state index in [9.17, 15) is 22.1 Å². The highest BCUT2D eigenvalue weighted by Crippen LogP contribution is 2.31. The summed E-state index contributed by atoms with van der Waals surface area (Å²) in [6, 6.07) is 9.06. The number of alkyl halides is 3. The monoisotopic (exact) mass is 462 g/mol. The molecule has 0 radical (unpaired) electrons. The van der Waals surface area contributed by atoms with Gasteiger partial charge in [0.25, 0.3) is 0 Å². The van der Waals surface area contributed by atoms with E-state index in [0.29, 0.717) is 42.7 Å². The number of rotatable bonds is 4. The minimum atomic E-state index is -4.61. The summed E-state index contributed by atoms with van der Waals surface area (Å²) in [6.45, 7) is 3.29. The van der Waals surface area contributed by atoms with Crippen LogP contribution in [0.2, 0.25) is 5.02 Å². The van der Waals surface area contributed by atoms with Crippen LogP contribution in [0.25, 0.3) is 0 Å². The number of amidine groups is 1. The van der Waals surface area contributed by atoms with Crippen molar-refractivity contribution in [3.8, 4) is 0 Å². The third-order valence-electron chi connectivity index (χ3n) is 4.44. The molecule has 0 amide bonds. The molecule has 0 aromatic heterocycles. The number of aryl methyl sites for hydroxylation is 1. The van der Waals surface area contributed by atoms with E-state index in [0.717, 1.165) is 12.1 Å². The minimum Gasteiger partial charge on any atom is -0.611 e. The number of nitrogens with zero attached hydrogens (tertiary/aromatic N) is 2. The van der Waals surface area contributed by atoms with Gasteiger partial charge in [-0.15, -0.1) is 0 Å². The number of morpholine rings is 1. The molecule has 3 rings (SSSR count). The van der Waals surface area contributed by atoms with Crippen LogP contribution in [-0.2, 0) is 15.9 Å². The summed E-state index contributed by atoms with van der Waals surface area (Å²) < 4.78 is 70.3. The first-order valence-corrected chi connectivity index (χ1v) is 10.8. The maximum Gasteiger partial charge on any atom is 0.433 e. The van der Waals surface area contributed by atoms with Crippen molar-refractivity contribution in [2.45, 2.75) is 18.0 Å². The fourth-order valence-electron chi connectivity index (χ4n) is 3.03. The Morgan fingerprint density at radius 2 is 1.90 bits per heavy atom. The molecule has 2 aromatic carbocycles. The molecule has 1 heterocycles. The Morgan fingerprint density at radius 3 is 2.53 bits per heavy atom. The van der Waals surface area contributed by atoms with E-state index in [-0.39, 0.29) is 16.1 Å². The summed E-state index contributed by atoms with van der Waals surface area (Å²) >= 11 is 3.95. The molecule has 4 nitrogen and oxygen atoms in total. The smallest absolute Gasteiger partial charge is 0.433 e. The molecule has 0 spiro atoms. The first kappa shape index (κ1) is 22.9. The fraction of sp³-hybridized carbons (Fsp3) is 0.350. The van der Waals surface area contributed by atoms with Crippen molar-refractivity contribution < 1.29 is 26.9 Å². The van der Waals surface area contributed by atoms with Crippen LogP contribution < -0.4 is 0 Å². The van der Waals surface area contributed by atoms with Crippen LogP contribution in [0.5, 0.6) is 0 Å². The predicted molar refractivity (Wildman–Crippen MR) is 109 cm³/mol. The molecule has 1 aliphatic rings. The van der Waals surface area contributed by atoms with E-state index < -0.39 is 28.9 Å². The summed E-state index contributed by atoms with van der Waals surface area (Å²) in [5.41, 5.74) is 0.520. The highest BCUT2D eigenvalue weighted by atomic mass is 35.5. The number of benzene rings is 2. The van der Waals surface area contributed by atoms with E-state index in [4.69, 9.17) is 16.3 Å². The van der Waals surface area contributed by atoms with Gasteiger partial charge in [0.15, 0.2) is 4.90 Å². The zero-order valence-corrected chi connectivity index (χ0v) is 17.6. The molecule has 0 aliphatic carbocycles. The van der Waals surface area contributed by atoms with Gasteiger partial charge in [-0.05, 0) is 36.3 Å². The average Bonchev–Trinajstić information content (AvgIpc) is 2.67. The first-order chi connectivity index (χ1) is 14.2. The summed E-state index contributed by atoms with van der Waals surface area (Å²) in [7, 11) is 0. The number of hydrogen-bond donors (Lipinski definition) is 0. The topological polar surface area (TPSA) is 47.9 Å². The number of aliphatic imine (C=N–C) groups is 1. The Bertz CT molecular complexity index is 934. The van der Waals surface area contributed by atoms with Gasteiger partial charge in [-0.3, -0.25) is 0 Å². The van der Waals surface area contributed by atoms with Crippen LogP contribution in [0.4, 0.5) is 23.2 Å². The van der Waals surface area contributed by atoms with Crippen LogP contribution in [0.1, 0.15) is 11.1 Å². The first-order valence-electron chi connectivity index (χ1n) is 9.07. The second-order valence-corrected chi connectivity index (χ2v) is 8.52. The Morgan fingerprint density at radius 1 is 1.23 bits per heavy atom. The standard InChI is InChI=1S/C20H19ClF4N2O2S/c1-13-10-16(22)17(11-18(13)30(28)12-20(23,24)25)26-19(27-6-8-29-9-7-27)14-4-2-3-5-15(14)21/h2-5,10-11H,6-9,12H2,1H3/b26-19-. The number of halogens is 5. The molecular weight excluding hydrogens is 444 g/mol. The maximum absolute atomic E-state index is 14.7. The zero-order valence-electron chi connectivity index (χ0n) is 16.0. The van der Waals surface area contributed by atoms with Gasteiger partial charge in [0, 0.05) is 30.3 Å². The van der Waals surface area contributed by atoms with Gasteiger partial charge in [0.2, 0.25) is 5.75 Å². The molecule has 1 fully saturated rings. The van der Waals surface area contributed by atoms with E-state index in [1.807, 2.05) is 4.90 Å². The summed E-state index contributed by atoms with van der Waals surface area (Å²) in [6.07, 6.45) is -4.61. The van der Waals surface area contributed by atoms with Crippen molar-refractivity contribution in [3.63, 3.8) is 0 Å². The highest BCUT2D eigenvalue weighted by molar-refractivity contribution is 7.91. The molecule has 1 aliphatic heterocycles. The van der Waals surface area contributed by atoms with Gasteiger partial charge >= 0.3 is 6.18 Å².